The van der Waals surface area contributed by atoms with Crippen molar-refractivity contribution >= 4 is 11.8 Å². The molecule has 1 saturated heterocycles. The SMILES string of the molecule is CN=C(NCc1ccc(N2CCN(C)CC2)nc1)NCc1ccc2c(c1)OCO2. The normalized spacial score (nSPS) is 16.8. The number of pyridine rings is 1. The maximum Gasteiger partial charge on any atom is 0.231 e. The number of benzene rings is 1. The number of likely N-dealkylation sites (N-methyl/N-ethyl adjacent to an activating group) is 1. The van der Waals surface area contributed by atoms with E-state index in [9.17, 15) is 0 Å². The molecule has 29 heavy (non-hydrogen) atoms. The van der Waals surface area contributed by atoms with E-state index < -0.39 is 0 Å². The van der Waals surface area contributed by atoms with Crippen molar-refractivity contribution in [3.8, 4) is 11.5 Å². The van der Waals surface area contributed by atoms with Crippen molar-refractivity contribution in [3.05, 3.63) is 47.7 Å². The third-order valence-corrected chi connectivity index (χ3v) is 5.22. The lowest BCUT2D eigenvalue weighted by molar-refractivity contribution is 0.174. The first-order valence-corrected chi connectivity index (χ1v) is 9.93. The highest BCUT2D eigenvalue weighted by Gasteiger charge is 2.15. The number of hydrogen-bond acceptors (Lipinski definition) is 6. The Kier molecular flexibility index (Phi) is 6.00. The summed E-state index contributed by atoms with van der Waals surface area (Å²) in [7, 11) is 3.93. The van der Waals surface area contributed by atoms with E-state index in [0.717, 1.165) is 60.6 Å². The third kappa shape index (κ3) is 4.89. The molecule has 0 aliphatic carbocycles. The predicted octanol–water partition coefficient (Wildman–Crippen LogP) is 1.43. The van der Waals surface area contributed by atoms with Crippen molar-refractivity contribution < 1.29 is 9.47 Å². The topological polar surface area (TPSA) is 74.3 Å². The molecular weight excluding hydrogens is 368 g/mol. The van der Waals surface area contributed by atoms with Gasteiger partial charge in [0.1, 0.15) is 5.82 Å². The van der Waals surface area contributed by atoms with E-state index in [2.05, 4.69) is 49.6 Å². The van der Waals surface area contributed by atoms with Crippen LogP contribution in [0.1, 0.15) is 11.1 Å². The minimum Gasteiger partial charge on any atom is -0.454 e. The van der Waals surface area contributed by atoms with Crippen LogP contribution in [-0.4, -0.2) is 62.9 Å². The van der Waals surface area contributed by atoms with E-state index in [0.29, 0.717) is 13.1 Å². The van der Waals surface area contributed by atoms with Gasteiger partial charge in [0.2, 0.25) is 6.79 Å². The van der Waals surface area contributed by atoms with Crippen molar-refractivity contribution in [1.29, 1.82) is 0 Å². The second-order valence-electron chi connectivity index (χ2n) is 7.28. The van der Waals surface area contributed by atoms with Gasteiger partial charge in [-0.25, -0.2) is 4.98 Å². The van der Waals surface area contributed by atoms with Crippen molar-refractivity contribution in [2.75, 3.05) is 52.0 Å². The molecule has 0 atom stereocenters. The summed E-state index contributed by atoms with van der Waals surface area (Å²) in [5.74, 6) is 3.38. The molecule has 1 aromatic heterocycles. The van der Waals surface area contributed by atoms with Crippen molar-refractivity contribution in [3.63, 3.8) is 0 Å². The van der Waals surface area contributed by atoms with E-state index >= 15 is 0 Å². The zero-order chi connectivity index (χ0) is 20.1. The summed E-state index contributed by atoms with van der Waals surface area (Å²) in [6.45, 7) is 5.81. The highest BCUT2D eigenvalue weighted by atomic mass is 16.7. The molecule has 0 amide bonds. The first-order chi connectivity index (χ1) is 14.2. The van der Waals surface area contributed by atoms with Gasteiger partial charge in [-0.3, -0.25) is 4.99 Å². The van der Waals surface area contributed by atoms with E-state index in [1.807, 2.05) is 24.4 Å². The number of nitrogens with one attached hydrogen (secondary N) is 2. The Balaban J connectivity index is 1.26. The zero-order valence-electron chi connectivity index (χ0n) is 17.0. The van der Waals surface area contributed by atoms with Crippen LogP contribution in [0.3, 0.4) is 0 Å². The van der Waals surface area contributed by atoms with Gasteiger partial charge in [-0.2, -0.15) is 0 Å². The van der Waals surface area contributed by atoms with E-state index in [1.54, 1.807) is 7.05 Å². The fourth-order valence-corrected chi connectivity index (χ4v) is 3.39. The van der Waals surface area contributed by atoms with E-state index in [-0.39, 0.29) is 6.79 Å². The zero-order valence-corrected chi connectivity index (χ0v) is 17.0. The van der Waals surface area contributed by atoms with Crippen LogP contribution in [0.25, 0.3) is 0 Å². The number of guanidine groups is 1. The Morgan fingerprint density at radius 3 is 2.45 bits per heavy atom. The Morgan fingerprint density at radius 1 is 1.00 bits per heavy atom. The van der Waals surface area contributed by atoms with Crippen LogP contribution in [0.5, 0.6) is 11.5 Å². The minimum absolute atomic E-state index is 0.289. The summed E-state index contributed by atoms with van der Waals surface area (Å²) in [5, 5.41) is 6.66. The molecule has 2 aliphatic heterocycles. The molecule has 8 nitrogen and oxygen atoms in total. The molecule has 0 saturated carbocycles. The first kappa shape index (κ1) is 19.3. The molecule has 4 rings (SSSR count). The Hall–Kier alpha value is -3.00. The van der Waals surface area contributed by atoms with E-state index in [1.165, 1.54) is 0 Å². The Bertz CT molecular complexity index is 847. The fraction of sp³-hybridized carbons (Fsp3) is 0.429. The summed E-state index contributed by atoms with van der Waals surface area (Å²) >= 11 is 0. The summed E-state index contributed by atoms with van der Waals surface area (Å²) in [6, 6.07) is 10.2. The molecule has 1 aromatic carbocycles. The predicted molar refractivity (Wildman–Crippen MR) is 114 cm³/mol. The maximum absolute atomic E-state index is 5.43. The number of rotatable bonds is 5. The van der Waals surface area contributed by atoms with Gasteiger partial charge in [-0.05, 0) is 36.4 Å². The standard InChI is InChI=1S/C21H28N6O2/c1-22-21(24-12-16-3-5-18-19(11-16)29-15-28-18)25-14-17-4-6-20(23-13-17)27-9-7-26(2)8-10-27/h3-6,11,13H,7-10,12,14-15H2,1-2H3,(H2,22,24,25). The summed E-state index contributed by atoms with van der Waals surface area (Å²) in [4.78, 5) is 13.6. The van der Waals surface area contributed by atoms with Crippen LogP contribution in [0.4, 0.5) is 5.82 Å². The molecule has 2 N–H and O–H groups in total. The molecule has 1 fully saturated rings. The van der Waals surface area contributed by atoms with Gasteiger partial charge in [-0.1, -0.05) is 12.1 Å². The van der Waals surface area contributed by atoms with Gasteiger partial charge in [-0.15, -0.1) is 0 Å². The van der Waals surface area contributed by atoms with Crippen LogP contribution in [0.2, 0.25) is 0 Å². The molecule has 3 heterocycles. The van der Waals surface area contributed by atoms with Gasteiger partial charge in [0.05, 0.1) is 0 Å². The number of anilines is 1. The van der Waals surface area contributed by atoms with Gasteiger partial charge in [0.25, 0.3) is 0 Å². The fourth-order valence-electron chi connectivity index (χ4n) is 3.39. The van der Waals surface area contributed by atoms with Gasteiger partial charge in [0, 0.05) is 52.5 Å². The molecule has 2 aliphatic rings. The summed E-state index contributed by atoms with van der Waals surface area (Å²) < 4.78 is 10.8. The molecule has 2 aromatic rings. The van der Waals surface area contributed by atoms with Crippen LogP contribution < -0.4 is 25.0 Å². The number of piperazine rings is 1. The summed E-state index contributed by atoms with van der Waals surface area (Å²) in [5.41, 5.74) is 2.23. The lowest BCUT2D eigenvalue weighted by Crippen LogP contribution is -2.44. The second-order valence-corrected chi connectivity index (χ2v) is 7.28. The minimum atomic E-state index is 0.289. The number of aromatic nitrogens is 1. The van der Waals surface area contributed by atoms with Crippen LogP contribution >= 0.6 is 0 Å². The molecule has 0 spiro atoms. The van der Waals surface area contributed by atoms with Gasteiger partial charge < -0.3 is 29.9 Å². The monoisotopic (exact) mass is 396 g/mol. The number of nitrogens with zero attached hydrogens (tertiary/aromatic N) is 4. The van der Waals surface area contributed by atoms with Crippen LogP contribution in [-0.2, 0) is 13.1 Å². The molecule has 0 radical (unpaired) electrons. The average Bonchev–Trinajstić information content (AvgIpc) is 3.23. The number of fused-ring (bicyclic) bond motifs is 1. The molecule has 154 valence electrons. The number of aliphatic imine (C=N–C) groups is 1. The Morgan fingerprint density at radius 2 is 1.72 bits per heavy atom. The van der Waals surface area contributed by atoms with Crippen molar-refractivity contribution in [1.82, 2.24) is 20.5 Å². The van der Waals surface area contributed by atoms with Crippen LogP contribution in [0, 0.1) is 0 Å². The highest BCUT2D eigenvalue weighted by molar-refractivity contribution is 5.79. The molecular formula is C21H28N6O2. The van der Waals surface area contributed by atoms with Gasteiger partial charge in [0.15, 0.2) is 17.5 Å². The molecule has 0 bridgehead atoms. The lowest BCUT2D eigenvalue weighted by Gasteiger charge is -2.33. The average molecular weight is 396 g/mol. The van der Waals surface area contributed by atoms with Crippen molar-refractivity contribution in [2.45, 2.75) is 13.1 Å². The van der Waals surface area contributed by atoms with E-state index in [4.69, 9.17) is 9.47 Å². The van der Waals surface area contributed by atoms with Gasteiger partial charge >= 0.3 is 0 Å². The smallest absolute Gasteiger partial charge is 0.231 e. The quantitative estimate of drug-likeness (QED) is 0.585. The largest absolute Gasteiger partial charge is 0.454 e. The highest BCUT2D eigenvalue weighted by Crippen LogP contribution is 2.32. The number of hydrogen-bond donors (Lipinski definition) is 2. The molecule has 0 unspecified atom stereocenters. The van der Waals surface area contributed by atoms with Crippen molar-refractivity contribution in [2.24, 2.45) is 4.99 Å². The Labute approximate surface area is 171 Å². The third-order valence-electron chi connectivity index (χ3n) is 5.22. The van der Waals surface area contributed by atoms with Crippen LogP contribution in [0.15, 0.2) is 41.5 Å². The second kappa shape index (κ2) is 9.00. The molecule has 8 heteroatoms. The first-order valence-electron chi connectivity index (χ1n) is 9.93. The maximum atomic E-state index is 5.43. The number of ether oxygens (including phenoxy) is 2. The lowest BCUT2D eigenvalue weighted by atomic mass is 10.2. The summed E-state index contributed by atoms with van der Waals surface area (Å²) in [6.07, 6.45) is 1.94.